The standard InChI is InChI=1S/C15H20N4O2/c1-2-3-4-12(16)15(21)17-11-7-5-10(6-8-11)13-9-14(20)19-18-13/h5-9,12H,2-4,16H2,1H3,(H,17,21)(H2,18,19,20). The van der Waals surface area contributed by atoms with E-state index in [1.165, 1.54) is 6.07 Å². The maximum atomic E-state index is 11.9. The Balaban J connectivity index is 1.99. The van der Waals surface area contributed by atoms with Crippen LogP contribution in [0.3, 0.4) is 0 Å². The summed E-state index contributed by atoms with van der Waals surface area (Å²) in [6, 6.07) is 8.22. The second-order valence-electron chi connectivity index (χ2n) is 4.99. The van der Waals surface area contributed by atoms with E-state index in [0.29, 0.717) is 17.8 Å². The molecule has 5 N–H and O–H groups in total. The molecule has 0 aliphatic carbocycles. The lowest BCUT2D eigenvalue weighted by atomic mass is 10.1. The van der Waals surface area contributed by atoms with Crippen LogP contribution in [-0.4, -0.2) is 22.1 Å². The topological polar surface area (TPSA) is 104 Å². The van der Waals surface area contributed by atoms with Gasteiger partial charge in [-0.2, -0.15) is 0 Å². The minimum absolute atomic E-state index is 0.175. The highest BCUT2D eigenvalue weighted by molar-refractivity contribution is 5.94. The van der Waals surface area contributed by atoms with Crippen LogP contribution in [0.25, 0.3) is 11.3 Å². The number of aromatic nitrogens is 2. The Hall–Kier alpha value is -2.34. The van der Waals surface area contributed by atoms with Crippen LogP contribution in [-0.2, 0) is 4.79 Å². The van der Waals surface area contributed by atoms with Crippen molar-refractivity contribution in [2.75, 3.05) is 5.32 Å². The number of rotatable bonds is 6. The van der Waals surface area contributed by atoms with Gasteiger partial charge in [-0.3, -0.25) is 19.8 Å². The number of amides is 1. The summed E-state index contributed by atoms with van der Waals surface area (Å²) in [5, 5.41) is 8.05. The van der Waals surface area contributed by atoms with Crippen LogP contribution < -0.4 is 16.6 Å². The van der Waals surface area contributed by atoms with Crippen LogP contribution in [0.5, 0.6) is 0 Å². The summed E-state index contributed by atoms with van der Waals surface area (Å²) in [5.41, 5.74) is 7.90. The Morgan fingerprint density at radius 1 is 1.29 bits per heavy atom. The number of carbonyl (C=O) groups is 1. The molecule has 1 atom stereocenters. The van der Waals surface area contributed by atoms with Gasteiger partial charge >= 0.3 is 0 Å². The van der Waals surface area contributed by atoms with Crippen molar-refractivity contribution < 1.29 is 4.79 Å². The summed E-state index contributed by atoms with van der Waals surface area (Å²) in [6.07, 6.45) is 2.64. The number of aromatic amines is 2. The SMILES string of the molecule is CCCCC(N)C(=O)Nc1ccc(-c2cc(=O)[nH][nH]2)cc1. The third-order valence-electron chi connectivity index (χ3n) is 3.26. The maximum Gasteiger partial charge on any atom is 0.264 e. The van der Waals surface area contributed by atoms with Gasteiger partial charge in [0, 0.05) is 11.8 Å². The van der Waals surface area contributed by atoms with Gasteiger partial charge in [0.25, 0.3) is 5.56 Å². The minimum Gasteiger partial charge on any atom is -0.325 e. The summed E-state index contributed by atoms with van der Waals surface area (Å²) < 4.78 is 0. The quantitative estimate of drug-likeness (QED) is 0.651. The molecule has 0 fully saturated rings. The van der Waals surface area contributed by atoms with Crippen LogP contribution in [0.15, 0.2) is 35.1 Å². The molecule has 6 nitrogen and oxygen atoms in total. The Morgan fingerprint density at radius 2 is 2.00 bits per heavy atom. The number of nitrogens with two attached hydrogens (primary N) is 1. The zero-order valence-electron chi connectivity index (χ0n) is 12.0. The van der Waals surface area contributed by atoms with Crippen LogP contribution in [0.1, 0.15) is 26.2 Å². The van der Waals surface area contributed by atoms with Gasteiger partial charge in [0.15, 0.2) is 0 Å². The zero-order chi connectivity index (χ0) is 15.2. The second kappa shape index (κ2) is 6.90. The fraction of sp³-hybridized carbons (Fsp3) is 0.333. The van der Waals surface area contributed by atoms with Crippen LogP contribution in [0.2, 0.25) is 0 Å². The molecular formula is C15H20N4O2. The van der Waals surface area contributed by atoms with Gasteiger partial charge in [-0.25, -0.2) is 0 Å². The van der Waals surface area contributed by atoms with Gasteiger partial charge in [-0.05, 0) is 24.1 Å². The molecule has 21 heavy (non-hydrogen) atoms. The molecule has 1 aromatic carbocycles. The first kappa shape index (κ1) is 15.1. The molecule has 0 bridgehead atoms. The number of benzene rings is 1. The number of carbonyl (C=O) groups excluding carboxylic acids is 1. The maximum absolute atomic E-state index is 11.9. The van der Waals surface area contributed by atoms with Crippen LogP contribution >= 0.6 is 0 Å². The fourth-order valence-electron chi connectivity index (χ4n) is 2.01. The van der Waals surface area contributed by atoms with E-state index in [2.05, 4.69) is 22.4 Å². The summed E-state index contributed by atoms with van der Waals surface area (Å²) in [6.45, 7) is 2.06. The largest absolute Gasteiger partial charge is 0.325 e. The molecule has 0 saturated heterocycles. The van der Waals surface area contributed by atoms with Crippen molar-refractivity contribution >= 4 is 11.6 Å². The van der Waals surface area contributed by atoms with Gasteiger partial charge in [-0.15, -0.1) is 0 Å². The molecule has 0 saturated carbocycles. The van der Waals surface area contributed by atoms with Crippen molar-refractivity contribution in [3.63, 3.8) is 0 Å². The zero-order valence-corrected chi connectivity index (χ0v) is 12.0. The summed E-state index contributed by atoms with van der Waals surface area (Å²) in [4.78, 5) is 23.0. The Kier molecular flexibility index (Phi) is 4.94. The molecule has 1 amide bonds. The molecule has 1 unspecified atom stereocenters. The molecule has 0 radical (unpaired) electrons. The summed E-state index contributed by atoms with van der Waals surface area (Å²) >= 11 is 0. The highest BCUT2D eigenvalue weighted by Crippen LogP contribution is 2.18. The second-order valence-corrected chi connectivity index (χ2v) is 4.99. The highest BCUT2D eigenvalue weighted by Gasteiger charge is 2.12. The Bertz CT molecular complexity index is 642. The first-order chi connectivity index (χ1) is 10.1. The molecule has 6 heteroatoms. The number of unbranched alkanes of at least 4 members (excludes halogenated alkanes) is 1. The number of hydrogen-bond donors (Lipinski definition) is 4. The van der Waals surface area contributed by atoms with Crippen molar-refractivity contribution in [1.29, 1.82) is 0 Å². The van der Waals surface area contributed by atoms with E-state index in [9.17, 15) is 9.59 Å². The molecule has 0 aliphatic heterocycles. The molecule has 0 spiro atoms. The van der Waals surface area contributed by atoms with E-state index in [0.717, 1.165) is 18.4 Å². The summed E-state index contributed by atoms with van der Waals surface area (Å²) in [5.74, 6) is -0.175. The molecule has 112 valence electrons. The van der Waals surface area contributed by atoms with Crippen LogP contribution in [0.4, 0.5) is 5.69 Å². The van der Waals surface area contributed by atoms with E-state index < -0.39 is 6.04 Å². The molecule has 2 rings (SSSR count). The average molecular weight is 288 g/mol. The minimum atomic E-state index is -0.481. The van der Waals surface area contributed by atoms with Gasteiger partial charge in [0.1, 0.15) is 0 Å². The smallest absolute Gasteiger partial charge is 0.264 e. The lowest BCUT2D eigenvalue weighted by Gasteiger charge is -2.12. The lowest BCUT2D eigenvalue weighted by Crippen LogP contribution is -2.35. The number of nitrogens with one attached hydrogen (secondary N) is 3. The van der Waals surface area contributed by atoms with E-state index >= 15 is 0 Å². The molecule has 2 aromatic rings. The third-order valence-corrected chi connectivity index (χ3v) is 3.26. The van der Waals surface area contributed by atoms with Gasteiger partial charge in [-0.1, -0.05) is 31.9 Å². The Labute approximate surface area is 122 Å². The number of H-pyrrole nitrogens is 2. The molecule has 1 aromatic heterocycles. The van der Waals surface area contributed by atoms with Gasteiger partial charge in [0.05, 0.1) is 11.7 Å². The van der Waals surface area contributed by atoms with Crippen molar-refractivity contribution in [2.45, 2.75) is 32.2 Å². The third kappa shape index (κ3) is 4.06. The van der Waals surface area contributed by atoms with Crippen molar-refractivity contribution in [3.8, 4) is 11.3 Å². The predicted molar refractivity (Wildman–Crippen MR) is 83.0 cm³/mol. The van der Waals surface area contributed by atoms with Crippen molar-refractivity contribution in [1.82, 2.24) is 10.2 Å². The first-order valence-electron chi connectivity index (χ1n) is 7.04. The van der Waals surface area contributed by atoms with Crippen molar-refractivity contribution in [3.05, 3.63) is 40.7 Å². The van der Waals surface area contributed by atoms with E-state index in [4.69, 9.17) is 5.73 Å². The Morgan fingerprint density at radius 3 is 2.57 bits per heavy atom. The van der Waals surface area contributed by atoms with E-state index in [-0.39, 0.29) is 11.5 Å². The monoisotopic (exact) mass is 288 g/mol. The average Bonchev–Trinajstić information content (AvgIpc) is 2.92. The van der Waals surface area contributed by atoms with Gasteiger partial charge < -0.3 is 11.1 Å². The highest BCUT2D eigenvalue weighted by atomic mass is 16.2. The normalized spacial score (nSPS) is 12.1. The lowest BCUT2D eigenvalue weighted by molar-refractivity contribution is -0.117. The molecular weight excluding hydrogens is 268 g/mol. The number of hydrogen-bond acceptors (Lipinski definition) is 3. The van der Waals surface area contributed by atoms with Gasteiger partial charge in [0.2, 0.25) is 5.91 Å². The molecule has 0 aliphatic rings. The van der Waals surface area contributed by atoms with E-state index in [1.807, 2.05) is 12.1 Å². The fourth-order valence-corrected chi connectivity index (χ4v) is 2.01. The van der Waals surface area contributed by atoms with Crippen LogP contribution in [0, 0.1) is 0 Å². The van der Waals surface area contributed by atoms with Crippen molar-refractivity contribution in [2.24, 2.45) is 5.73 Å². The summed E-state index contributed by atoms with van der Waals surface area (Å²) in [7, 11) is 0. The number of anilines is 1. The van der Waals surface area contributed by atoms with E-state index in [1.54, 1.807) is 12.1 Å². The first-order valence-corrected chi connectivity index (χ1v) is 7.04. The molecule has 1 heterocycles. The predicted octanol–water partition coefficient (Wildman–Crippen LogP) is 1.83.